The first kappa shape index (κ1) is 14.6. The van der Waals surface area contributed by atoms with Gasteiger partial charge in [-0.05, 0) is 53.1 Å². The molecule has 24 heavy (non-hydrogen) atoms. The van der Waals surface area contributed by atoms with Crippen LogP contribution in [0, 0.1) is 5.82 Å². The Labute approximate surface area is 141 Å². The molecule has 4 rings (SSSR count). The normalized spacial score (nSPS) is 10.9. The molecule has 0 aliphatic rings. The molecule has 2 aromatic carbocycles. The van der Waals surface area contributed by atoms with Crippen molar-refractivity contribution < 1.29 is 9.13 Å². The summed E-state index contributed by atoms with van der Waals surface area (Å²) < 4.78 is 20.2. The van der Waals surface area contributed by atoms with E-state index in [0.29, 0.717) is 17.3 Å². The molecule has 0 spiro atoms. The number of nitrogens with zero attached hydrogens (tertiary/aromatic N) is 4. The van der Waals surface area contributed by atoms with Crippen LogP contribution in [0.25, 0.3) is 16.8 Å². The van der Waals surface area contributed by atoms with E-state index in [1.54, 1.807) is 24.3 Å². The molecule has 2 aromatic heterocycles. The molecule has 0 saturated carbocycles. The van der Waals surface area contributed by atoms with E-state index in [1.807, 2.05) is 24.3 Å². The molecule has 0 unspecified atom stereocenters. The lowest BCUT2D eigenvalue weighted by atomic mass is 10.1. The third-order valence-corrected chi connectivity index (χ3v) is 3.67. The first-order chi connectivity index (χ1) is 11.7. The largest absolute Gasteiger partial charge is 0.438 e. The van der Waals surface area contributed by atoms with E-state index in [2.05, 4.69) is 15.3 Å². The van der Waals surface area contributed by atoms with Crippen molar-refractivity contribution in [2.24, 2.45) is 0 Å². The molecule has 0 saturated heterocycles. The van der Waals surface area contributed by atoms with Gasteiger partial charge in [-0.15, -0.1) is 15.3 Å². The standard InChI is InChI=1S/C17H10ClFN4O/c18-17-21-20-15-8-9-16(22-23(15)17)24-14-3-1-2-12(10-14)11-4-6-13(19)7-5-11/h1-10H. The monoisotopic (exact) mass is 340 g/mol. The van der Waals surface area contributed by atoms with Gasteiger partial charge in [-0.25, -0.2) is 4.39 Å². The molecule has 2 heterocycles. The molecule has 4 aromatic rings. The lowest BCUT2D eigenvalue weighted by Crippen LogP contribution is -1.95. The van der Waals surface area contributed by atoms with Crippen molar-refractivity contribution in [2.75, 3.05) is 0 Å². The first-order valence-corrected chi connectivity index (χ1v) is 7.49. The van der Waals surface area contributed by atoms with Crippen molar-refractivity contribution in [1.82, 2.24) is 19.8 Å². The molecule has 0 radical (unpaired) electrons. The second kappa shape index (κ2) is 5.90. The number of hydrogen-bond donors (Lipinski definition) is 0. The molecule has 5 nitrogen and oxygen atoms in total. The van der Waals surface area contributed by atoms with Crippen LogP contribution in [-0.2, 0) is 0 Å². The van der Waals surface area contributed by atoms with Crippen LogP contribution in [0.4, 0.5) is 4.39 Å². The van der Waals surface area contributed by atoms with Gasteiger partial charge in [-0.3, -0.25) is 0 Å². The predicted octanol–water partition coefficient (Wildman–Crippen LogP) is 4.38. The molecule has 7 heteroatoms. The van der Waals surface area contributed by atoms with Gasteiger partial charge in [0.05, 0.1) is 0 Å². The first-order valence-electron chi connectivity index (χ1n) is 7.11. The summed E-state index contributed by atoms with van der Waals surface area (Å²) in [6.45, 7) is 0. The van der Waals surface area contributed by atoms with E-state index in [1.165, 1.54) is 16.6 Å². The SMILES string of the molecule is Fc1ccc(-c2cccc(Oc3ccc4nnc(Cl)n4n3)c2)cc1. The number of rotatable bonds is 3. The Morgan fingerprint density at radius 3 is 2.58 bits per heavy atom. The summed E-state index contributed by atoms with van der Waals surface area (Å²) >= 11 is 5.91. The summed E-state index contributed by atoms with van der Waals surface area (Å²) in [4.78, 5) is 0. The maximum Gasteiger partial charge on any atom is 0.246 e. The van der Waals surface area contributed by atoms with Gasteiger partial charge in [0.15, 0.2) is 5.65 Å². The van der Waals surface area contributed by atoms with E-state index in [0.717, 1.165) is 11.1 Å². The average Bonchev–Trinajstić information content (AvgIpc) is 2.97. The molecule has 0 fully saturated rings. The third-order valence-electron chi connectivity index (χ3n) is 3.43. The van der Waals surface area contributed by atoms with E-state index in [9.17, 15) is 4.39 Å². The lowest BCUT2D eigenvalue weighted by molar-refractivity contribution is 0.452. The zero-order valence-electron chi connectivity index (χ0n) is 12.2. The zero-order valence-corrected chi connectivity index (χ0v) is 13.0. The average molecular weight is 341 g/mol. The van der Waals surface area contributed by atoms with E-state index in [-0.39, 0.29) is 11.1 Å². The third kappa shape index (κ3) is 2.79. The fraction of sp³-hybridized carbons (Fsp3) is 0. The highest BCUT2D eigenvalue weighted by Crippen LogP contribution is 2.27. The lowest BCUT2D eigenvalue weighted by Gasteiger charge is -2.07. The Morgan fingerprint density at radius 1 is 0.917 bits per heavy atom. The summed E-state index contributed by atoms with van der Waals surface area (Å²) in [5.41, 5.74) is 2.34. The molecule has 0 aliphatic carbocycles. The van der Waals surface area contributed by atoms with Gasteiger partial charge in [-0.2, -0.15) is 4.52 Å². The van der Waals surface area contributed by atoms with Gasteiger partial charge in [0, 0.05) is 6.07 Å². The van der Waals surface area contributed by atoms with Crippen molar-refractivity contribution in [3.8, 4) is 22.8 Å². The van der Waals surface area contributed by atoms with Crippen molar-refractivity contribution in [3.05, 3.63) is 71.8 Å². The van der Waals surface area contributed by atoms with Crippen molar-refractivity contribution in [2.45, 2.75) is 0 Å². The highest BCUT2D eigenvalue weighted by Gasteiger charge is 2.07. The summed E-state index contributed by atoms with van der Waals surface area (Å²) in [5, 5.41) is 12.0. The molecule has 0 aliphatic heterocycles. The summed E-state index contributed by atoms with van der Waals surface area (Å²) in [6, 6.07) is 17.1. The topological polar surface area (TPSA) is 52.3 Å². The van der Waals surface area contributed by atoms with E-state index in [4.69, 9.17) is 16.3 Å². The highest BCUT2D eigenvalue weighted by molar-refractivity contribution is 6.28. The number of ether oxygens (including phenoxy) is 1. The zero-order chi connectivity index (χ0) is 16.5. The second-order valence-corrected chi connectivity index (χ2v) is 5.39. The molecular weight excluding hydrogens is 331 g/mol. The smallest absolute Gasteiger partial charge is 0.246 e. The van der Waals surface area contributed by atoms with Crippen LogP contribution in [0.5, 0.6) is 11.6 Å². The number of halogens is 2. The van der Waals surface area contributed by atoms with Gasteiger partial charge in [0.25, 0.3) is 0 Å². The number of aromatic nitrogens is 4. The van der Waals surface area contributed by atoms with E-state index < -0.39 is 0 Å². The Kier molecular flexibility index (Phi) is 3.59. The fourth-order valence-electron chi connectivity index (χ4n) is 2.30. The molecule has 0 amide bonds. The Hall–Kier alpha value is -2.99. The molecule has 0 N–H and O–H groups in total. The van der Waals surface area contributed by atoms with Crippen LogP contribution < -0.4 is 4.74 Å². The van der Waals surface area contributed by atoms with Gasteiger partial charge in [-0.1, -0.05) is 24.3 Å². The van der Waals surface area contributed by atoms with Crippen molar-refractivity contribution in [3.63, 3.8) is 0 Å². The molecule has 118 valence electrons. The highest BCUT2D eigenvalue weighted by atomic mass is 35.5. The van der Waals surface area contributed by atoms with Crippen LogP contribution in [0.1, 0.15) is 0 Å². The number of fused-ring (bicyclic) bond motifs is 1. The number of benzene rings is 2. The summed E-state index contributed by atoms with van der Waals surface area (Å²) in [5.74, 6) is 0.697. The minimum Gasteiger partial charge on any atom is -0.438 e. The molecule has 0 atom stereocenters. The van der Waals surface area contributed by atoms with Crippen molar-refractivity contribution in [1.29, 1.82) is 0 Å². The van der Waals surface area contributed by atoms with Gasteiger partial charge >= 0.3 is 0 Å². The van der Waals surface area contributed by atoms with Gasteiger partial charge in [0.2, 0.25) is 11.2 Å². The minimum atomic E-state index is -0.269. The Bertz CT molecular complexity index is 1020. The van der Waals surface area contributed by atoms with Gasteiger partial charge < -0.3 is 4.74 Å². The van der Waals surface area contributed by atoms with Crippen LogP contribution in [0.3, 0.4) is 0 Å². The maximum atomic E-state index is 13.0. The summed E-state index contributed by atoms with van der Waals surface area (Å²) in [7, 11) is 0. The summed E-state index contributed by atoms with van der Waals surface area (Å²) in [6.07, 6.45) is 0. The van der Waals surface area contributed by atoms with Crippen LogP contribution in [0.15, 0.2) is 60.7 Å². The van der Waals surface area contributed by atoms with Gasteiger partial charge in [0.1, 0.15) is 11.6 Å². The molecule has 0 bridgehead atoms. The van der Waals surface area contributed by atoms with Crippen LogP contribution in [-0.4, -0.2) is 19.8 Å². The maximum absolute atomic E-state index is 13.0. The Morgan fingerprint density at radius 2 is 1.75 bits per heavy atom. The quantitative estimate of drug-likeness (QED) is 0.555. The predicted molar refractivity (Wildman–Crippen MR) is 87.7 cm³/mol. The molecular formula is C17H10ClFN4O. The van der Waals surface area contributed by atoms with Crippen molar-refractivity contribution >= 4 is 17.2 Å². The van der Waals surface area contributed by atoms with Crippen LogP contribution in [0.2, 0.25) is 5.28 Å². The van der Waals surface area contributed by atoms with Crippen LogP contribution >= 0.6 is 11.6 Å². The van der Waals surface area contributed by atoms with E-state index >= 15 is 0 Å². The minimum absolute atomic E-state index is 0.163. The Balaban J connectivity index is 1.65. The second-order valence-electron chi connectivity index (χ2n) is 5.05. The fourth-order valence-corrected chi connectivity index (χ4v) is 2.46. The number of hydrogen-bond acceptors (Lipinski definition) is 4.